The van der Waals surface area contributed by atoms with Crippen LogP contribution in [0.4, 0.5) is 0 Å². The molecule has 3 rings (SSSR count). The van der Waals surface area contributed by atoms with Crippen LogP contribution in [0.5, 0.6) is 11.5 Å². The van der Waals surface area contributed by atoms with Crippen molar-refractivity contribution in [2.75, 3.05) is 20.8 Å². The smallest absolute Gasteiger partial charge is 0.550 e. The van der Waals surface area contributed by atoms with Gasteiger partial charge in [-0.05, 0) is 50.3 Å². The Morgan fingerprint density at radius 2 is 1.80 bits per heavy atom. The van der Waals surface area contributed by atoms with E-state index in [-0.39, 0.29) is 53.7 Å². The van der Waals surface area contributed by atoms with E-state index in [2.05, 4.69) is 0 Å². The number of hydrogen-bond acceptors (Lipinski definition) is 6. The zero-order valence-corrected chi connectivity index (χ0v) is 20.2. The number of fused-ring (bicyclic) bond motifs is 1. The first-order valence-corrected chi connectivity index (χ1v) is 10.4. The summed E-state index contributed by atoms with van der Waals surface area (Å²) in [5, 5.41) is 16.9. The first-order valence-electron chi connectivity index (χ1n) is 10.4. The number of amides is 1. The number of rotatable bonds is 9. The van der Waals surface area contributed by atoms with Crippen LogP contribution in [0.15, 0.2) is 23.3 Å². The Balaban J connectivity index is 0.00000320. The van der Waals surface area contributed by atoms with Gasteiger partial charge < -0.3 is 19.4 Å². The van der Waals surface area contributed by atoms with Crippen molar-refractivity contribution in [3.63, 3.8) is 0 Å². The number of aliphatic carboxylic acids is 1. The van der Waals surface area contributed by atoms with Crippen LogP contribution in [0.3, 0.4) is 0 Å². The summed E-state index contributed by atoms with van der Waals surface area (Å²) in [6.07, 6.45) is 6.07. The van der Waals surface area contributed by atoms with E-state index in [4.69, 9.17) is 14.6 Å². The quantitative estimate of drug-likeness (QED) is 0.389. The molecule has 0 spiro atoms. The predicted octanol–water partition coefficient (Wildman–Crippen LogP) is -0.629. The molecule has 30 heavy (non-hydrogen) atoms. The van der Waals surface area contributed by atoms with Gasteiger partial charge in [-0.2, -0.15) is 5.10 Å². The summed E-state index contributed by atoms with van der Waals surface area (Å²) in [4.78, 5) is 23.6. The maximum atomic E-state index is 13.0. The molecule has 8 heteroatoms. The van der Waals surface area contributed by atoms with Crippen LogP contribution in [-0.2, 0) is 9.59 Å². The number of carboxylic acid groups (broad SMARTS) is 1. The van der Waals surface area contributed by atoms with Crippen molar-refractivity contribution >= 4 is 17.6 Å². The van der Waals surface area contributed by atoms with Gasteiger partial charge in [-0.3, -0.25) is 4.79 Å². The second-order valence-electron chi connectivity index (χ2n) is 7.70. The van der Waals surface area contributed by atoms with Crippen LogP contribution < -0.4 is 44.1 Å². The average molecular weight is 424 g/mol. The molecule has 2 atom stereocenters. The SMILES string of the molecule is COc1ccc(C2=NN(CCCCCC(=O)[O-])C(=O)[C@@H]3CCCC[C@H]23)cc1OC.[Na+]. The van der Waals surface area contributed by atoms with E-state index in [0.717, 1.165) is 49.8 Å². The minimum Gasteiger partial charge on any atom is -0.550 e. The summed E-state index contributed by atoms with van der Waals surface area (Å²) in [5.41, 5.74) is 1.89. The Morgan fingerprint density at radius 3 is 2.47 bits per heavy atom. The van der Waals surface area contributed by atoms with E-state index in [0.29, 0.717) is 24.5 Å². The van der Waals surface area contributed by atoms with E-state index < -0.39 is 5.97 Å². The van der Waals surface area contributed by atoms with Gasteiger partial charge in [-0.15, -0.1) is 0 Å². The molecule has 1 aliphatic heterocycles. The molecule has 0 aromatic heterocycles. The van der Waals surface area contributed by atoms with Gasteiger partial charge in [0.2, 0.25) is 5.91 Å². The topological polar surface area (TPSA) is 91.3 Å². The van der Waals surface area contributed by atoms with Gasteiger partial charge in [0.05, 0.1) is 19.9 Å². The number of hydrogen-bond donors (Lipinski definition) is 0. The van der Waals surface area contributed by atoms with Crippen LogP contribution in [0.25, 0.3) is 0 Å². The maximum Gasteiger partial charge on any atom is 1.00 e. The molecule has 1 fully saturated rings. The molecular formula is C22H29N2NaO5. The molecule has 0 saturated heterocycles. The largest absolute Gasteiger partial charge is 1.00 e. The van der Waals surface area contributed by atoms with E-state index in [9.17, 15) is 14.7 Å². The first kappa shape index (κ1) is 24.7. The average Bonchev–Trinajstić information content (AvgIpc) is 2.74. The van der Waals surface area contributed by atoms with Crippen LogP contribution in [0, 0.1) is 11.8 Å². The molecule has 1 aromatic rings. The Morgan fingerprint density at radius 1 is 1.10 bits per heavy atom. The van der Waals surface area contributed by atoms with E-state index in [1.807, 2.05) is 18.2 Å². The number of carbonyl (C=O) groups is 2. The van der Waals surface area contributed by atoms with Crippen molar-refractivity contribution in [2.24, 2.45) is 16.9 Å². The molecule has 2 aliphatic rings. The minimum absolute atomic E-state index is 0. The summed E-state index contributed by atoms with van der Waals surface area (Å²) in [7, 11) is 3.21. The molecule has 1 heterocycles. The van der Waals surface area contributed by atoms with Crippen molar-refractivity contribution in [3.8, 4) is 11.5 Å². The Bertz CT molecular complexity index is 783. The van der Waals surface area contributed by atoms with Gasteiger partial charge in [0.15, 0.2) is 11.5 Å². The number of unbranched alkanes of at least 4 members (excludes halogenated alkanes) is 2. The van der Waals surface area contributed by atoms with Crippen LogP contribution in [0.1, 0.15) is 56.9 Å². The number of hydrazone groups is 1. The van der Waals surface area contributed by atoms with Crippen LogP contribution in [-0.4, -0.2) is 43.4 Å². The zero-order chi connectivity index (χ0) is 20.8. The number of carbonyl (C=O) groups excluding carboxylic acids is 2. The van der Waals surface area contributed by atoms with Crippen molar-refractivity contribution in [3.05, 3.63) is 23.8 Å². The summed E-state index contributed by atoms with van der Waals surface area (Å²) < 4.78 is 10.8. The van der Waals surface area contributed by atoms with Gasteiger partial charge in [-0.25, -0.2) is 5.01 Å². The monoisotopic (exact) mass is 424 g/mol. The number of methoxy groups -OCH3 is 2. The number of benzene rings is 1. The maximum absolute atomic E-state index is 13.0. The van der Waals surface area contributed by atoms with E-state index >= 15 is 0 Å². The molecule has 1 amide bonds. The third kappa shape index (κ3) is 5.77. The summed E-state index contributed by atoms with van der Waals surface area (Å²) >= 11 is 0. The molecule has 7 nitrogen and oxygen atoms in total. The Hall–Kier alpha value is -1.57. The van der Waals surface area contributed by atoms with E-state index in [1.165, 1.54) is 0 Å². The molecule has 1 saturated carbocycles. The van der Waals surface area contributed by atoms with Crippen LogP contribution >= 0.6 is 0 Å². The summed E-state index contributed by atoms with van der Waals surface area (Å²) in [6, 6.07) is 5.77. The van der Waals surface area contributed by atoms with Crippen molar-refractivity contribution < 1.29 is 53.7 Å². The molecule has 0 unspecified atom stereocenters. The van der Waals surface area contributed by atoms with Gasteiger partial charge in [0, 0.05) is 29.9 Å². The molecule has 0 bridgehead atoms. The van der Waals surface area contributed by atoms with E-state index in [1.54, 1.807) is 19.2 Å². The second kappa shape index (κ2) is 11.7. The fourth-order valence-corrected chi connectivity index (χ4v) is 4.33. The fourth-order valence-electron chi connectivity index (χ4n) is 4.33. The van der Waals surface area contributed by atoms with Crippen LogP contribution in [0.2, 0.25) is 0 Å². The molecule has 158 valence electrons. The van der Waals surface area contributed by atoms with Gasteiger partial charge in [-0.1, -0.05) is 19.3 Å². The minimum atomic E-state index is -1.03. The normalized spacial score (nSPS) is 20.7. The summed E-state index contributed by atoms with van der Waals surface area (Å²) in [6.45, 7) is 0.506. The van der Waals surface area contributed by atoms with Gasteiger partial charge in [0.25, 0.3) is 0 Å². The molecular weight excluding hydrogens is 395 g/mol. The molecule has 0 radical (unpaired) electrons. The number of carboxylic acids is 1. The third-order valence-corrected chi connectivity index (χ3v) is 5.85. The zero-order valence-electron chi connectivity index (χ0n) is 18.2. The van der Waals surface area contributed by atoms with Crippen molar-refractivity contribution in [2.45, 2.75) is 51.4 Å². The first-order chi connectivity index (χ1) is 14.0. The van der Waals surface area contributed by atoms with Crippen molar-refractivity contribution in [1.29, 1.82) is 0 Å². The molecule has 1 aromatic carbocycles. The van der Waals surface area contributed by atoms with Crippen molar-refractivity contribution in [1.82, 2.24) is 5.01 Å². The summed E-state index contributed by atoms with van der Waals surface area (Å²) in [5.74, 6) is 0.465. The third-order valence-electron chi connectivity index (χ3n) is 5.85. The second-order valence-corrected chi connectivity index (χ2v) is 7.70. The number of nitrogens with zero attached hydrogens (tertiary/aromatic N) is 2. The fraction of sp³-hybridized carbons (Fsp3) is 0.591. The molecule has 0 N–H and O–H groups in total. The Labute approximate surface area is 200 Å². The number of ether oxygens (including phenoxy) is 2. The molecule has 1 aliphatic carbocycles. The predicted molar refractivity (Wildman–Crippen MR) is 107 cm³/mol. The standard InChI is InChI=1S/C22H30N2O5.Na/c1-28-18-12-11-15(14-19(18)29-2)21-16-8-5-6-9-17(16)22(27)24(23-21)13-7-3-4-10-20(25)26;/h11-12,14,16-17H,3-10,13H2,1-2H3,(H,25,26);/q;+1/p-1/t16-,17+;/m0./s1. The Kier molecular flexibility index (Phi) is 9.65. The van der Waals surface area contributed by atoms with Gasteiger partial charge in [0.1, 0.15) is 0 Å². The van der Waals surface area contributed by atoms with Gasteiger partial charge >= 0.3 is 29.6 Å².